The van der Waals surface area contributed by atoms with Gasteiger partial charge in [-0.15, -0.1) is 0 Å². The molecule has 2 rings (SSSR count). The van der Waals surface area contributed by atoms with Crippen LogP contribution in [0.3, 0.4) is 0 Å². The van der Waals surface area contributed by atoms with E-state index in [0.717, 1.165) is 6.07 Å². The smallest absolute Gasteiger partial charge is 0.315 e. The van der Waals surface area contributed by atoms with E-state index in [-0.39, 0.29) is 35.2 Å². The lowest BCUT2D eigenvalue weighted by atomic mass is 10.2. The number of hydrogen-bond acceptors (Lipinski definition) is 5. The van der Waals surface area contributed by atoms with Crippen molar-refractivity contribution in [3.8, 4) is 5.75 Å². The van der Waals surface area contributed by atoms with Crippen LogP contribution in [0, 0.1) is 5.82 Å². The van der Waals surface area contributed by atoms with Crippen LogP contribution in [0.1, 0.15) is 5.56 Å². The molecular weight excluding hydrogens is 391 g/mol. The van der Waals surface area contributed by atoms with E-state index in [1.807, 2.05) is 0 Å². The number of halogens is 1. The molecule has 0 bridgehead atoms. The molecule has 9 nitrogen and oxygen atoms in total. The number of hydrogen-bond donors (Lipinski definition) is 4. The molecular formula is C17H19FN4O5S. The minimum absolute atomic E-state index is 0.0406. The first-order valence-electron chi connectivity index (χ1n) is 7.96. The first kappa shape index (κ1) is 21.1. The Morgan fingerprint density at radius 1 is 1.11 bits per heavy atom. The van der Waals surface area contributed by atoms with Crippen LogP contribution in [-0.4, -0.2) is 34.0 Å². The molecule has 2 aromatic rings. The predicted octanol–water partition coefficient (Wildman–Crippen LogP) is 0.920. The fourth-order valence-electron chi connectivity index (χ4n) is 2.19. The van der Waals surface area contributed by atoms with Crippen LogP contribution in [-0.2, 0) is 21.4 Å². The van der Waals surface area contributed by atoms with Crippen molar-refractivity contribution in [1.29, 1.82) is 0 Å². The Hall–Kier alpha value is -3.18. The van der Waals surface area contributed by atoms with Crippen molar-refractivity contribution in [2.24, 2.45) is 5.14 Å². The maximum absolute atomic E-state index is 12.8. The van der Waals surface area contributed by atoms with Crippen molar-refractivity contribution in [3.05, 3.63) is 53.8 Å². The number of nitrogens with one attached hydrogen (secondary N) is 3. The Kier molecular flexibility index (Phi) is 6.90. The summed E-state index contributed by atoms with van der Waals surface area (Å²) in [5.41, 5.74) is 0.859. The van der Waals surface area contributed by atoms with Gasteiger partial charge < -0.3 is 20.7 Å². The summed E-state index contributed by atoms with van der Waals surface area (Å²) in [6.45, 7) is -0.198. The van der Waals surface area contributed by atoms with Crippen molar-refractivity contribution >= 4 is 27.6 Å². The standard InChI is InChI=1S/C17H19FN4O5S/c1-27-14-7-6-13(8-15(14)28(19,25)26)22-16(23)10-21-17(24)20-9-11-2-4-12(18)5-3-11/h2-8H,9-10H2,1H3,(H,22,23)(H2,19,25,26)(H2,20,21,24). The summed E-state index contributed by atoms with van der Waals surface area (Å²) in [6.07, 6.45) is 0. The van der Waals surface area contributed by atoms with Gasteiger partial charge in [0.25, 0.3) is 0 Å². The third-order valence-electron chi connectivity index (χ3n) is 3.53. The molecule has 0 heterocycles. The summed E-state index contributed by atoms with van der Waals surface area (Å²) >= 11 is 0. The van der Waals surface area contributed by atoms with E-state index in [1.165, 1.54) is 43.5 Å². The number of anilines is 1. The number of carbonyl (C=O) groups is 2. The summed E-state index contributed by atoms with van der Waals surface area (Å²) in [7, 11) is -2.76. The average molecular weight is 410 g/mol. The van der Waals surface area contributed by atoms with Crippen molar-refractivity contribution < 1.29 is 27.1 Å². The highest BCUT2D eigenvalue weighted by Gasteiger charge is 2.16. The van der Waals surface area contributed by atoms with Crippen LogP contribution in [0.5, 0.6) is 5.75 Å². The molecule has 0 atom stereocenters. The van der Waals surface area contributed by atoms with Gasteiger partial charge in [-0.3, -0.25) is 4.79 Å². The number of nitrogens with two attached hydrogens (primary N) is 1. The Labute approximate surface area is 161 Å². The first-order valence-corrected chi connectivity index (χ1v) is 9.50. The topological polar surface area (TPSA) is 140 Å². The molecule has 5 N–H and O–H groups in total. The summed E-state index contributed by atoms with van der Waals surface area (Å²) in [4.78, 5) is 23.4. The molecule has 0 saturated heterocycles. The van der Waals surface area contributed by atoms with Gasteiger partial charge in [-0.25, -0.2) is 22.7 Å². The van der Waals surface area contributed by atoms with Gasteiger partial charge in [0.05, 0.1) is 13.7 Å². The zero-order chi connectivity index (χ0) is 20.7. The molecule has 0 aliphatic heterocycles. The Bertz CT molecular complexity index is 964. The van der Waals surface area contributed by atoms with Gasteiger partial charge in [-0.1, -0.05) is 12.1 Å². The van der Waals surface area contributed by atoms with E-state index in [1.54, 1.807) is 0 Å². The van der Waals surface area contributed by atoms with Gasteiger partial charge in [0.1, 0.15) is 16.5 Å². The lowest BCUT2D eigenvalue weighted by molar-refractivity contribution is -0.115. The Balaban J connectivity index is 1.86. The van der Waals surface area contributed by atoms with E-state index in [9.17, 15) is 22.4 Å². The lowest BCUT2D eigenvalue weighted by Gasteiger charge is -2.11. The molecule has 2 aromatic carbocycles. The summed E-state index contributed by atoms with van der Waals surface area (Å²) < 4.78 is 40.9. The van der Waals surface area contributed by atoms with Crippen LogP contribution in [0.25, 0.3) is 0 Å². The fourth-order valence-corrected chi connectivity index (χ4v) is 2.91. The van der Waals surface area contributed by atoms with Gasteiger partial charge in [0.2, 0.25) is 15.9 Å². The van der Waals surface area contributed by atoms with Gasteiger partial charge in [-0.05, 0) is 35.9 Å². The molecule has 0 fully saturated rings. The number of rotatable bonds is 7. The maximum atomic E-state index is 12.8. The molecule has 0 aromatic heterocycles. The van der Waals surface area contributed by atoms with Crippen molar-refractivity contribution in [3.63, 3.8) is 0 Å². The van der Waals surface area contributed by atoms with Gasteiger partial charge >= 0.3 is 6.03 Å². The second kappa shape index (κ2) is 9.15. The molecule has 150 valence electrons. The second-order valence-corrected chi connectivity index (χ2v) is 7.15. The number of benzene rings is 2. The molecule has 0 aliphatic rings. The van der Waals surface area contributed by atoms with Gasteiger partial charge in [0.15, 0.2) is 0 Å². The van der Waals surface area contributed by atoms with Crippen LogP contribution in [0.15, 0.2) is 47.4 Å². The van der Waals surface area contributed by atoms with E-state index in [4.69, 9.17) is 9.88 Å². The van der Waals surface area contributed by atoms with E-state index in [2.05, 4.69) is 16.0 Å². The minimum atomic E-state index is -4.05. The molecule has 0 spiro atoms. The van der Waals surface area contributed by atoms with Crippen molar-refractivity contribution in [2.75, 3.05) is 19.0 Å². The highest BCUT2D eigenvalue weighted by atomic mass is 32.2. The Morgan fingerprint density at radius 3 is 2.39 bits per heavy atom. The number of ether oxygens (including phenoxy) is 1. The van der Waals surface area contributed by atoms with Crippen molar-refractivity contribution in [2.45, 2.75) is 11.4 Å². The number of carbonyl (C=O) groups excluding carboxylic acids is 2. The third-order valence-corrected chi connectivity index (χ3v) is 4.46. The quantitative estimate of drug-likeness (QED) is 0.537. The van der Waals surface area contributed by atoms with Crippen LogP contribution >= 0.6 is 0 Å². The molecule has 0 radical (unpaired) electrons. The molecule has 0 unspecified atom stereocenters. The average Bonchev–Trinajstić information content (AvgIpc) is 2.65. The van der Waals surface area contributed by atoms with Crippen LogP contribution in [0.2, 0.25) is 0 Å². The molecule has 3 amide bonds. The monoisotopic (exact) mass is 410 g/mol. The highest BCUT2D eigenvalue weighted by Crippen LogP contribution is 2.25. The van der Waals surface area contributed by atoms with Gasteiger partial charge in [0, 0.05) is 12.2 Å². The molecule has 0 saturated carbocycles. The van der Waals surface area contributed by atoms with Crippen LogP contribution < -0.4 is 25.8 Å². The largest absolute Gasteiger partial charge is 0.495 e. The summed E-state index contributed by atoms with van der Waals surface area (Å²) in [5.74, 6) is -0.921. The van der Waals surface area contributed by atoms with Gasteiger partial charge in [-0.2, -0.15) is 0 Å². The van der Waals surface area contributed by atoms with E-state index < -0.39 is 22.0 Å². The summed E-state index contributed by atoms with van der Waals surface area (Å²) in [5, 5.41) is 12.4. The zero-order valence-electron chi connectivity index (χ0n) is 14.9. The van der Waals surface area contributed by atoms with Crippen LogP contribution in [0.4, 0.5) is 14.9 Å². The normalized spacial score (nSPS) is 10.8. The van der Waals surface area contributed by atoms with E-state index >= 15 is 0 Å². The second-order valence-electron chi connectivity index (χ2n) is 5.62. The first-order chi connectivity index (χ1) is 13.2. The fraction of sp³-hybridized carbons (Fsp3) is 0.176. The number of sulfonamides is 1. The summed E-state index contributed by atoms with van der Waals surface area (Å²) in [6, 6.07) is 8.92. The number of urea groups is 1. The molecule has 28 heavy (non-hydrogen) atoms. The lowest BCUT2D eigenvalue weighted by Crippen LogP contribution is -2.39. The number of amides is 3. The SMILES string of the molecule is COc1ccc(NC(=O)CNC(=O)NCc2ccc(F)cc2)cc1S(N)(=O)=O. The molecule has 11 heteroatoms. The number of primary sulfonamides is 1. The third kappa shape index (κ3) is 6.21. The van der Waals surface area contributed by atoms with E-state index in [0.29, 0.717) is 5.56 Å². The minimum Gasteiger partial charge on any atom is -0.495 e. The zero-order valence-corrected chi connectivity index (χ0v) is 15.7. The maximum Gasteiger partial charge on any atom is 0.315 e. The van der Waals surface area contributed by atoms with Crippen molar-refractivity contribution in [1.82, 2.24) is 10.6 Å². The number of methoxy groups -OCH3 is 1. The Morgan fingerprint density at radius 2 is 1.79 bits per heavy atom. The predicted molar refractivity (Wildman–Crippen MR) is 99.6 cm³/mol. The molecule has 0 aliphatic carbocycles. The highest BCUT2D eigenvalue weighted by molar-refractivity contribution is 7.89.